The van der Waals surface area contributed by atoms with Crippen molar-refractivity contribution < 1.29 is 18.3 Å². The van der Waals surface area contributed by atoms with Gasteiger partial charge in [0.15, 0.2) is 0 Å². The predicted molar refractivity (Wildman–Crippen MR) is 137 cm³/mol. The van der Waals surface area contributed by atoms with Crippen molar-refractivity contribution in [2.75, 3.05) is 16.8 Å². The number of anilines is 3. The van der Waals surface area contributed by atoms with Crippen LogP contribution >= 0.6 is 0 Å². The number of carbonyl (C=O) groups excluding carboxylic acids is 1. The Labute approximate surface area is 211 Å². The summed E-state index contributed by atoms with van der Waals surface area (Å²) in [7, 11) is 0. The van der Waals surface area contributed by atoms with Gasteiger partial charge in [0.25, 0.3) is 5.56 Å². The summed E-state index contributed by atoms with van der Waals surface area (Å²) in [5.74, 6) is 1.32. The van der Waals surface area contributed by atoms with Gasteiger partial charge in [-0.1, -0.05) is 13.8 Å². The van der Waals surface area contributed by atoms with E-state index in [0.717, 1.165) is 46.5 Å². The summed E-state index contributed by atoms with van der Waals surface area (Å²) in [4.78, 5) is 35.2. The molecule has 5 rings (SSSR count). The van der Waals surface area contributed by atoms with Crippen molar-refractivity contribution >= 4 is 34.0 Å². The summed E-state index contributed by atoms with van der Waals surface area (Å²) in [5.41, 5.74) is 1.80. The molecule has 37 heavy (non-hydrogen) atoms. The Morgan fingerprint density at radius 2 is 1.86 bits per heavy atom. The molecule has 1 saturated heterocycles. The monoisotopic (exact) mass is 505 g/mol. The predicted octanol–water partition coefficient (Wildman–Crippen LogP) is 5.79. The lowest BCUT2D eigenvalue weighted by Crippen LogP contribution is -2.30. The molecule has 3 heterocycles. The van der Waals surface area contributed by atoms with Crippen LogP contribution in [0.1, 0.15) is 32.4 Å². The number of hydrogen-bond donors (Lipinski definition) is 1. The number of aryl methyl sites for hydroxylation is 1. The minimum absolute atomic E-state index is 0.0935. The number of pyridine rings is 1. The number of ether oxygens (including phenoxy) is 1. The van der Waals surface area contributed by atoms with Crippen molar-refractivity contribution in [3.63, 3.8) is 0 Å². The van der Waals surface area contributed by atoms with E-state index in [1.54, 1.807) is 17.0 Å². The molecular formula is C27H25F2N5O3. The molecule has 0 bridgehead atoms. The number of amides is 1. The zero-order valence-electron chi connectivity index (χ0n) is 20.5. The topological polar surface area (TPSA) is 89.3 Å². The number of hydrogen-bond acceptors (Lipinski definition) is 6. The van der Waals surface area contributed by atoms with Crippen molar-refractivity contribution in [1.82, 2.24) is 14.5 Å². The van der Waals surface area contributed by atoms with Crippen LogP contribution in [0.3, 0.4) is 0 Å². The van der Waals surface area contributed by atoms with Gasteiger partial charge in [-0.05, 0) is 61.4 Å². The van der Waals surface area contributed by atoms with E-state index in [1.807, 2.05) is 45.0 Å². The number of carbonyl (C=O) groups is 1. The molecule has 0 atom stereocenters. The maximum absolute atomic E-state index is 12.8. The van der Waals surface area contributed by atoms with Crippen LogP contribution in [0.2, 0.25) is 0 Å². The zero-order chi connectivity index (χ0) is 26.3. The number of benzene rings is 2. The maximum atomic E-state index is 12.8. The maximum Gasteiger partial charge on any atom is 0.321 e. The fourth-order valence-electron chi connectivity index (χ4n) is 4.33. The van der Waals surface area contributed by atoms with Crippen LogP contribution in [-0.2, 0) is 4.79 Å². The molecule has 1 fully saturated rings. The standard InChI is InChI=1S/C27H25F2N5O3/c1-16-12-17(4-7-22(16)37-19-8-10-34(26(28)29)23(35)14-19)32-24-20-13-18(5-6-21(20)30-15-31-24)33-11-9-27(2,3)25(33)36/h4-8,10,12-15,26H,9,11H2,1-3H3,(H,30,31,32). The molecule has 0 saturated carbocycles. The first-order valence-corrected chi connectivity index (χ1v) is 11.7. The smallest absolute Gasteiger partial charge is 0.321 e. The van der Waals surface area contributed by atoms with Gasteiger partial charge >= 0.3 is 6.55 Å². The van der Waals surface area contributed by atoms with Gasteiger partial charge in [-0.15, -0.1) is 0 Å². The Morgan fingerprint density at radius 1 is 1.05 bits per heavy atom. The molecule has 0 radical (unpaired) electrons. The van der Waals surface area contributed by atoms with Gasteiger partial charge < -0.3 is 15.0 Å². The first-order valence-electron chi connectivity index (χ1n) is 11.7. The van der Waals surface area contributed by atoms with E-state index in [-0.39, 0.29) is 17.1 Å². The van der Waals surface area contributed by atoms with Crippen LogP contribution in [0.15, 0.2) is 65.8 Å². The molecule has 2 aromatic carbocycles. The Balaban J connectivity index is 1.39. The Morgan fingerprint density at radius 3 is 2.54 bits per heavy atom. The Hall–Kier alpha value is -4.34. The molecular weight excluding hydrogens is 480 g/mol. The van der Waals surface area contributed by atoms with Crippen LogP contribution in [0.4, 0.5) is 26.0 Å². The molecule has 0 spiro atoms. The van der Waals surface area contributed by atoms with Crippen LogP contribution in [0, 0.1) is 12.3 Å². The fraction of sp³-hybridized carbons (Fsp3) is 0.259. The zero-order valence-corrected chi connectivity index (χ0v) is 20.5. The molecule has 10 heteroatoms. The van der Waals surface area contributed by atoms with E-state index in [4.69, 9.17) is 4.74 Å². The third-order valence-electron chi connectivity index (χ3n) is 6.51. The SMILES string of the molecule is Cc1cc(Nc2ncnc3ccc(N4CCC(C)(C)C4=O)cc23)ccc1Oc1ccn(C(F)F)c(=O)c1. The third kappa shape index (κ3) is 4.74. The van der Waals surface area contributed by atoms with Crippen molar-refractivity contribution in [1.29, 1.82) is 0 Å². The van der Waals surface area contributed by atoms with Crippen LogP contribution < -0.4 is 20.5 Å². The summed E-state index contributed by atoms with van der Waals surface area (Å²) >= 11 is 0. The Bertz CT molecular complexity index is 1570. The fourth-order valence-corrected chi connectivity index (χ4v) is 4.33. The number of halogens is 2. The highest BCUT2D eigenvalue weighted by Gasteiger charge is 2.39. The highest BCUT2D eigenvalue weighted by Crippen LogP contribution is 2.36. The van der Waals surface area contributed by atoms with Crippen molar-refractivity contribution in [2.24, 2.45) is 5.41 Å². The molecule has 1 amide bonds. The van der Waals surface area contributed by atoms with Gasteiger partial charge in [-0.25, -0.2) is 9.97 Å². The number of rotatable bonds is 6. The molecule has 8 nitrogen and oxygen atoms in total. The molecule has 2 aromatic heterocycles. The molecule has 190 valence electrons. The van der Waals surface area contributed by atoms with Gasteiger partial charge in [-0.2, -0.15) is 8.78 Å². The second-order valence-corrected chi connectivity index (χ2v) is 9.61. The normalized spacial score (nSPS) is 15.0. The van der Waals surface area contributed by atoms with E-state index in [2.05, 4.69) is 15.3 Å². The molecule has 1 N–H and O–H groups in total. The lowest BCUT2D eigenvalue weighted by Gasteiger charge is -2.20. The molecule has 1 aliphatic rings. The van der Waals surface area contributed by atoms with E-state index in [1.165, 1.54) is 12.4 Å². The Kier molecular flexibility index (Phi) is 6.10. The number of nitrogens with one attached hydrogen (secondary N) is 1. The molecule has 1 aliphatic heterocycles. The van der Waals surface area contributed by atoms with Gasteiger partial charge in [0, 0.05) is 41.0 Å². The number of nitrogens with zero attached hydrogens (tertiary/aromatic N) is 4. The largest absolute Gasteiger partial charge is 0.457 e. The highest BCUT2D eigenvalue weighted by molar-refractivity contribution is 6.02. The lowest BCUT2D eigenvalue weighted by molar-refractivity contribution is -0.123. The molecule has 4 aromatic rings. The molecule has 0 unspecified atom stereocenters. The highest BCUT2D eigenvalue weighted by atomic mass is 19.3. The van der Waals surface area contributed by atoms with Gasteiger partial charge in [-0.3, -0.25) is 14.2 Å². The third-order valence-corrected chi connectivity index (χ3v) is 6.51. The molecule has 0 aliphatic carbocycles. The summed E-state index contributed by atoms with van der Waals surface area (Å²) in [6.07, 6.45) is 3.26. The first-order chi connectivity index (χ1) is 17.6. The van der Waals surface area contributed by atoms with E-state index in [0.29, 0.717) is 22.7 Å². The quantitative estimate of drug-likeness (QED) is 0.357. The van der Waals surface area contributed by atoms with E-state index >= 15 is 0 Å². The van der Waals surface area contributed by atoms with Crippen LogP contribution in [0.5, 0.6) is 11.5 Å². The summed E-state index contributed by atoms with van der Waals surface area (Å²) in [5, 5.41) is 4.08. The van der Waals surface area contributed by atoms with Gasteiger partial charge in [0.05, 0.1) is 5.52 Å². The number of fused-ring (bicyclic) bond motifs is 1. The minimum atomic E-state index is -2.91. The number of alkyl halides is 2. The van der Waals surface area contributed by atoms with Crippen molar-refractivity contribution in [3.05, 3.63) is 77.0 Å². The van der Waals surface area contributed by atoms with E-state index < -0.39 is 12.1 Å². The lowest BCUT2D eigenvalue weighted by atomic mass is 9.92. The summed E-state index contributed by atoms with van der Waals surface area (Å²) in [6, 6.07) is 13.4. The van der Waals surface area contributed by atoms with Crippen molar-refractivity contribution in [3.8, 4) is 11.5 Å². The van der Waals surface area contributed by atoms with Crippen molar-refractivity contribution in [2.45, 2.75) is 33.7 Å². The van der Waals surface area contributed by atoms with Gasteiger partial charge in [0.1, 0.15) is 23.6 Å². The van der Waals surface area contributed by atoms with Crippen LogP contribution in [0.25, 0.3) is 10.9 Å². The second kappa shape index (κ2) is 9.27. The van der Waals surface area contributed by atoms with Gasteiger partial charge in [0.2, 0.25) is 5.91 Å². The minimum Gasteiger partial charge on any atom is -0.457 e. The van der Waals surface area contributed by atoms with Crippen LogP contribution in [-0.4, -0.2) is 27.0 Å². The average molecular weight is 506 g/mol. The van der Waals surface area contributed by atoms with E-state index in [9.17, 15) is 18.4 Å². The summed E-state index contributed by atoms with van der Waals surface area (Å²) < 4.78 is 31.7. The average Bonchev–Trinajstić information content (AvgIpc) is 3.13. The second-order valence-electron chi connectivity index (χ2n) is 9.61. The number of aromatic nitrogens is 3. The first kappa shape index (κ1) is 24.4. The summed E-state index contributed by atoms with van der Waals surface area (Å²) in [6.45, 7) is 3.49.